The monoisotopic (exact) mass is 359 g/mol. The van der Waals surface area contributed by atoms with E-state index < -0.39 is 0 Å². The third kappa shape index (κ3) is 4.18. The molecule has 2 aliphatic rings. The molecule has 142 valence electrons. The highest BCUT2D eigenvalue weighted by atomic mass is 16.5. The van der Waals surface area contributed by atoms with Gasteiger partial charge in [-0.2, -0.15) is 0 Å². The smallest absolute Gasteiger partial charge is 0.321 e. The minimum absolute atomic E-state index is 0.0303. The van der Waals surface area contributed by atoms with E-state index in [4.69, 9.17) is 4.74 Å². The molecular formula is C20H29N3O3. The molecule has 1 aromatic carbocycles. The highest BCUT2D eigenvalue weighted by Gasteiger charge is 2.41. The Labute approximate surface area is 155 Å². The first kappa shape index (κ1) is 18.7. The van der Waals surface area contributed by atoms with Crippen LogP contribution >= 0.6 is 0 Å². The number of amides is 3. The van der Waals surface area contributed by atoms with E-state index in [0.717, 1.165) is 50.1 Å². The molecule has 1 aromatic rings. The van der Waals surface area contributed by atoms with Crippen LogP contribution in [0.5, 0.6) is 0 Å². The first-order valence-corrected chi connectivity index (χ1v) is 9.41. The molecule has 0 radical (unpaired) electrons. The van der Waals surface area contributed by atoms with E-state index in [1.807, 2.05) is 41.0 Å². The summed E-state index contributed by atoms with van der Waals surface area (Å²) in [6.45, 7) is 5.51. The standard InChI is InChI=1S/C20H29N3O3/c1-16-5-3-4-6-17(16)21-19(25)22-11-9-20(10-12-22)8-7-18(24)23(15-20)13-14-26-2/h3-6H,7-15H2,1-2H3,(H,21,25). The molecule has 2 saturated heterocycles. The Balaban J connectivity index is 1.55. The fourth-order valence-electron chi connectivity index (χ4n) is 4.01. The highest BCUT2D eigenvalue weighted by molar-refractivity contribution is 5.90. The average Bonchev–Trinajstić information content (AvgIpc) is 2.65. The molecule has 3 rings (SSSR count). The lowest BCUT2D eigenvalue weighted by Crippen LogP contribution is -2.53. The van der Waals surface area contributed by atoms with Crippen molar-refractivity contribution in [2.75, 3.05) is 45.2 Å². The third-order valence-electron chi connectivity index (χ3n) is 5.81. The second kappa shape index (κ2) is 8.08. The van der Waals surface area contributed by atoms with E-state index in [0.29, 0.717) is 19.6 Å². The van der Waals surface area contributed by atoms with Crippen molar-refractivity contribution in [3.63, 3.8) is 0 Å². The summed E-state index contributed by atoms with van der Waals surface area (Å²) < 4.78 is 5.13. The molecule has 2 aliphatic heterocycles. The Bertz CT molecular complexity index is 653. The number of likely N-dealkylation sites (tertiary alicyclic amines) is 2. The van der Waals surface area contributed by atoms with Gasteiger partial charge in [0.2, 0.25) is 5.91 Å². The van der Waals surface area contributed by atoms with Gasteiger partial charge in [0.1, 0.15) is 0 Å². The zero-order chi connectivity index (χ0) is 18.6. The van der Waals surface area contributed by atoms with Crippen molar-refractivity contribution in [2.24, 2.45) is 5.41 Å². The first-order chi connectivity index (χ1) is 12.5. The zero-order valence-corrected chi connectivity index (χ0v) is 15.8. The van der Waals surface area contributed by atoms with Crippen LogP contribution in [0.25, 0.3) is 0 Å². The topological polar surface area (TPSA) is 61.9 Å². The Morgan fingerprint density at radius 2 is 1.96 bits per heavy atom. The molecule has 1 spiro atoms. The number of rotatable bonds is 4. The van der Waals surface area contributed by atoms with Crippen LogP contribution in [-0.4, -0.2) is 61.6 Å². The minimum atomic E-state index is -0.0303. The van der Waals surface area contributed by atoms with E-state index in [1.165, 1.54) is 0 Å². The van der Waals surface area contributed by atoms with Crippen LogP contribution in [-0.2, 0) is 9.53 Å². The lowest BCUT2D eigenvalue weighted by atomic mass is 9.72. The van der Waals surface area contributed by atoms with Crippen LogP contribution in [0.15, 0.2) is 24.3 Å². The molecule has 2 heterocycles. The SMILES string of the molecule is COCCN1CC2(CCC1=O)CCN(C(=O)Nc1ccccc1C)CC2. The minimum Gasteiger partial charge on any atom is -0.383 e. The number of methoxy groups -OCH3 is 1. The van der Waals surface area contributed by atoms with Gasteiger partial charge >= 0.3 is 6.03 Å². The highest BCUT2D eigenvalue weighted by Crippen LogP contribution is 2.40. The summed E-state index contributed by atoms with van der Waals surface area (Å²) in [5, 5.41) is 3.02. The number of urea groups is 1. The van der Waals surface area contributed by atoms with Gasteiger partial charge in [-0.3, -0.25) is 4.79 Å². The van der Waals surface area contributed by atoms with Crippen LogP contribution < -0.4 is 5.32 Å². The molecule has 6 heteroatoms. The summed E-state index contributed by atoms with van der Waals surface area (Å²) in [6.07, 6.45) is 3.44. The first-order valence-electron chi connectivity index (χ1n) is 9.41. The average molecular weight is 359 g/mol. The molecule has 0 unspecified atom stereocenters. The number of carbonyl (C=O) groups excluding carboxylic acids is 2. The fourth-order valence-corrected chi connectivity index (χ4v) is 4.01. The maximum Gasteiger partial charge on any atom is 0.321 e. The number of carbonyl (C=O) groups is 2. The Kier molecular flexibility index (Phi) is 5.81. The quantitative estimate of drug-likeness (QED) is 0.899. The van der Waals surface area contributed by atoms with Crippen molar-refractivity contribution >= 4 is 17.6 Å². The summed E-state index contributed by atoms with van der Waals surface area (Å²) in [4.78, 5) is 28.5. The second-order valence-electron chi connectivity index (χ2n) is 7.54. The molecule has 3 amide bonds. The Morgan fingerprint density at radius 3 is 2.65 bits per heavy atom. The van der Waals surface area contributed by atoms with Gasteiger partial charge in [0.15, 0.2) is 0 Å². The number of hydrogen-bond acceptors (Lipinski definition) is 3. The molecule has 0 aliphatic carbocycles. The van der Waals surface area contributed by atoms with Crippen LogP contribution in [0.2, 0.25) is 0 Å². The number of anilines is 1. The second-order valence-corrected chi connectivity index (χ2v) is 7.54. The lowest BCUT2D eigenvalue weighted by molar-refractivity contribution is -0.139. The predicted octanol–water partition coefficient (Wildman–Crippen LogP) is 2.88. The van der Waals surface area contributed by atoms with E-state index >= 15 is 0 Å². The van der Waals surface area contributed by atoms with Gasteiger partial charge in [0.05, 0.1) is 6.61 Å². The van der Waals surface area contributed by atoms with Crippen molar-refractivity contribution in [3.05, 3.63) is 29.8 Å². The van der Waals surface area contributed by atoms with Crippen molar-refractivity contribution < 1.29 is 14.3 Å². The molecular weight excluding hydrogens is 330 g/mol. The molecule has 6 nitrogen and oxygen atoms in total. The molecule has 0 aromatic heterocycles. The number of para-hydroxylation sites is 1. The van der Waals surface area contributed by atoms with Gasteiger partial charge in [-0.15, -0.1) is 0 Å². The zero-order valence-electron chi connectivity index (χ0n) is 15.8. The lowest BCUT2D eigenvalue weighted by Gasteiger charge is -2.47. The van der Waals surface area contributed by atoms with Crippen LogP contribution in [0.1, 0.15) is 31.2 Å². The predicted molar refractivity (Wildman–Crippen MR) is 101 cm³/mol. The Hall–Kier alpha value is -2.08. The van der Waals surface area contributed by atoms with Crippen molar-refractivity contribution in [1.29, 1.82) is 0 Å². The largest absolute Gasteiger partial charge is 0.383 e. The third-order valence-corrected chi connectivity index (χ3v) is 5.81. The summed E-state index contributed by atoms with van der Waals surface area (Å²) in [6, 6.07) is 7.79. The molecule has 0 atom stereocenters. The van der Waals surface area contributed by atoms with Gasteiger partial charge in [-0.05, 0) is 43.2 Å². The van der Waals surface area contributed by atoms with Gasteiger partial charge in [-0.1, -0.05) is 18.2 Å². The molecule has 2 fully saturated rings. The number of benzene rings is 1. The summed E-state index contributed by atoms with van der Waals surface area (Å²) in [5.74, 6) is 0.229. The van der Waals surface area contributed by atoms with Crippen molar-refractivity contribution in [3.8, 4) is 0 Å². The number of piperidine rings is 2. The van der Waals surface area contributed by atoms with E-state index in [2.05, 4.69) is 5.32 Å². The van der Waals surface area contributed by atoms with Gasteiger partial charge in [0, 0.05) is 45.4 Å². The number of nitrogens with zero attached hydrogens (tertiary/aromatic N) is 2. The summed E-state index contributed by atoms with van der Waals surface area (Å²) >= 11 is 0. The normalized spacial score (nSPS) is 19.7. The maximum absolute atomic E-state index is 12.6. The van der Waals surface area contributed by atoms with E-state index in [9.17, 15) is 9.59 Å². The van der Waals surface area contributed by atoms with Crippen molar-refractivity contribution in [1.82, 2.24) is 9.80 Å². The Morgan fingerprint density at radius 1 is 1.23 bits per heavy atom. The number of nitrogens with one attached hydrogen (secondary N) is 1. The van der Waals surface area contributed by atoms with Gasteiger partial charge in [-0.25, -0.2) is 4.79 Å². The van der Waals surface area contributed by atoms with Crippen LogP contribution in [0, 0.1) is 12.3 Å². The van der Waals surface area contributed by atoms with Crippen LogP contribution in [0.3, 0.4) is 0 Å². The summed E-state index contributed by atoms with van der Waals surface area (Å²) in [7, 11) is 1.66. The molecule has 0 saturated carbocycles. The number of aryl methyl sites for hydroxylation is 1. The van der Waals surface area contributed by atoms with Gasteiger partial charge in [0.25, 0.3) is 0 Å². The molecule has 0 bridgehead atoms. The van der Waals surface area contributed by atoms with Crippen molar-refractivity contribution in [2.45, 2.75) is 32.6 Å². The van der Waals surface area contributed by atoms with Gasteiger partial charge < -0.3 is 19.9 Å². The fraction of sp³-hybridized carbons (Fsp3) is 0.600. The molecule has 26 heavy (non-hydrogen) atoms. The number of hydrogen-bond donors (Lipinski definition) is 1. The maximum atomic E-state index is 12.6. The van der Waals surface area contributed by atoms with Crippen LogP contribution in [0.4, 0.5) is 10.5 Å². The summed E-state index contributed by atoms with van der Waals surface area (Å²) in [5.41, 5.74) is 2.09. The van der Waals surface area contributed by atoms with E-state index in [-0.39, 0.29) is 17.4 Å². The molecule has 1 N–H and O–H groups in total. The van der Waals surface area contributed by atoms with E-state index in [1.54, 1.807) is 7.11 Å². The number of ether oxygens (including phenoxy) is 1.